The van der Waals surface area contributed by atoms with E-state index in [2.05, 4.69) is 26.8 Å². The van der Waals surface area contributed by atoms with Crippen molar-refractivity contribution in [2.45, 2.75) is 78.2 Å². The van der Waals surface area contributed by atoms with Crippen molar-refractivity contribution >= 4 is 5.78 Å². The summed E-state index contributed by atoms with van der Waals surface area (Å²) in [5, 5.41) is 0. The molecule has 0 unspecified atom stereocenters. The Hall–Kier alpha value is -0.630. The molecule has 1 saturated carbocycles. The van der Waals surface area contributed by atoms with Crippen molar-refractivity contribution in [1.29, 1.82) is 0 Å². The van der Waals surface area contributed by atoms with Gasteiger partial charge < -0.3 is 9.53 Å². The van der Waals surface area contributed by atoms with Crippen LogP contribution >= 0.6 is 0 Å². The lowest BCUT2D eigenvalue weighted by Crippen LogP contribution is -2.48. The maximum Gasteiger partial charge on any atom is 0.130 e. The minimum Gasteiger partial charge on any atom is -0.371 e. The molecule has 1 heterocycles. The molecule has 0 aromatic rings. The molecule has 0 bridgehead atoms. The third-order valence-corrected chi connectivity index (χ3v) is 5.45. The molecule has 1 aliphatic heterocycles. The Morgan fingerprint density at radius 3 is 2.80 bits per heavy atom. The van der Waals surface area contributed by atoms with Crippen LogP contribution in [0.2, 0.25) is 0 Å². The highest BCUT2D eigenvalue weighted by atomic mass is 16.5. The topological polar surface area (TPSA) is 26.3 Å². The van der Waals surface area contributed by atoms with E-state index in [9.17, 15) is 4.79 Å². The summed E-state index contributed by atoms with van der Waals surface area (Å²) in [6.07, 6.45) is 9.95. The average Bonchev–Trinajstić information content (AvgIpc) is 2.49. The molecule has 0 spiro atoms. The van der Waals surface area contributed by atoms with Gasteiger partial charge in [0.15, 0.2) is 0 Å². The molecule has 0 amide bonds. The Morgan fingerprint density at radius 1 is 1.35 bits per heavy atom. The van der Waals surface area contributed by atoms with E-state index in [0.717, 1.165) is 19.4 Å². The summed E-state index contributed by atoms with van der Waals surface area (Å²) >= 11 is 0. The van der Waals surface area contributed by atoms with E-state index in [1.54, 1.807) is 6.92 Å². The maximum absolute atomic E-state index is 11.0. The van der Waals surface area contributed by atoms with Gasteiger partial charge in [0.05, 0.1) is 12.2 Å². The standard InChI is InChI=1S/C18H30O2/c1-14(19)7-5-8-15-9-10-16-17(2,3)11-6-12-18(16,4)20-13-15/h8,16H,5-7,9-13H2,1-4H3/b15-8-/t16-,18-/m1/s1. The molecule has 114 valence electrons. The minimum absolute atomic E-state index is 0.0535. The van der Waals surface area contributed by atoms with E-state index in [1.165, 1.54) is 31.3 Å². The summed E-state index contributed by atoms with van der Waals surface area (Å²) in [7, 11) is 0. The Morgan fingerprint density at radius 2 is 2.10 bits per heavy atom. The molecule has 2 aliphatic rings. The first kappa shape index (κ1) is 15.8. The predicted molar refractivity (Wildman–Crippen MR) is 82.7 cm³/mol. The van der Waals surface area contributed by atoms with Gasteiger partial charge in [0.2, 0.25) is 0 Å². The molecule has 1 saturated heterocycles. The van der Waals surface area contributed by atoms with Crippen LogP contribution in [0.3, 0.4) is 0 Å². The summed E-state index contributed by atoms with van der Waals surface area (Å²) in [5.41, 5.74) is 1.84. The first-order chi connectivity index (χ1) is 9.33. The van der Waals surface area contributed by atoms with Crippen molar-refractivity contribution in [2.75, 3.05) is 6.61 Å². The van der Waals surface area contributed by atoms with E-state index < -0.39 is 0 Å². The van der Waals surface area contributed by atoms with Gasteiger partial charge in [-0.15, -0.1) is 0 Å². The van der Waals surface area contributed by atoms with Gasteiger partial charge in [0, 0.05) is 6.42 Å². The molecule has 2 nitrogen and oxygen atoms in total. The van der Waals surface area contributed by atoms with Crippen LogP contribution in [0.4, 0.5) is 0 Å². The second-order valence-corrected chi connectivity index (χ2v) is 7.64. The Balaban J connectivity index is 2.05. The number of ether oxygens (including phenoxy) is 1. The highest BCUT2D eigenvalue weighted by Gasteiger charge is 2.47. The van der Waals surface area contributed by atoms with Gasteiger partial charge in [0.25, 0.3) is 0 Å². The van der Waals surface area contributed by atoms with E-state index in [4.69, 9.17) is 4.74 Å². The summed E-state index contributed by atoms with van der Waals surface area (Å²) in [6.45, 7) is 9.56. The van der Waals surface area contributed by atoms with Crippen LogP contribution in [0.1, 0.15) is 72.6 Å². The number of rotatable bonds is 3. The number of carbonyl (C=O) groups excluding carboxylic acids is 1. The second kappa shape index (κ2) is 6.01. The molecule has 2 atom stereocenters. The van der Waals surface area contributed by atoms with E-state index in [0.29, 0.717) is 17.8 Å². The van der Waals surface area contributed by atoms with Crippen LogP contribution in [0.15, 0.2) is 11.6 Å². The van der Waals surface area contributed by atoms with Crippen LogP contribution in [0, 0.1) is 11.3 Å². The smallest absolute Gasteiger partial charge is 0.130 e. The molecule has 2 heteroatoms. The van der Waals surface area contributed by atoms with Crippen molar-refractivity contribution in [3.8, 4) is 0 Å². The number of allylic oxidation sites excluding steroid dienone is 1. The molecule has 0 aromatic carbocycles. The molecule has 2 rings (SSSR count). The van der Waals surface area contributed by atoms with Crippen molar-refractivity contribution < 1.29 is 9.53 Å². The van der Waals surface area contributed by atoms with Crippen LogP contribution in [-0.2, 0) is 9.53 Å². The lowest BCUT2D eigenvalue weighted by Gasteiger charge is -2.49. The van der Waals surface area contributed by atoms with E-state index >= 15 is 0 Å². The van der Waals surface area contributed by atoms with Crippen LogP contribution in [0.5, 0.6) is 0 Å². The Kier molecular flexibility index (Phi) is 4.73. The van der Waals surface area contributed by atoms with Gasteiger partial charge in [-0.3, -0.25) is 0 Å². The molecule has 20 heavy (non-hydrogen) atoms. The molecular weight excluding hydrogens is 248 g/mol. The summed E-state index contributed by atoms with van der Waals surface area (Å²) in [6, 6.07) is 0. The number of ketones is 1. The van der Waals surface area contributed by atoms with Crippen molar-refractivity contribution in [3.63, 3.8) is 0 Å². The Bertz CT molecular complexity index is 394. The monoisotopic (exact) mass is 278 g/mol. The number of hydrogen-bond acceptors (Lipinski definition) is 2. The van der Waals surface area contributed by atoms with Crippen LogP contribution in [0.25, 0.3) is 0 Å². The van der Waals surface area contributed by atoms with E-state index in [-0.39, 0.29) is 11.4 Å². The molecule has 0 radical (unpaired) electrons. The lowest BCUT2D eigenvalue weighted by atomic mass is 9.60. The van der Waals surface area contributed by atoms with Crippen LogP contribution < -0.4 is 0 Å². The SMILES string of the molecule is CC(=O)CC/C=C1/CC[C@@H]2C(C)(C)CCC[C@@]2(C)OC1. The zero-order chi connectivity index (χ0) is 14.8. The number of carbonyl (C=O) groups is 1. The van der Waals surface area contributed by atoms with Gasteiger partial charge in [-0.1, -0.05) is 26.3 Å². The highest BCUT2D eigenvalue weighted by Crippen LogP contribution is 2.51. The Labute approximate surface area is 124 Å². The van der Waals surface area contributed by atoms with Crippen molar-refractivity contribution in [2.24, 2.45) is 11.3 Å². The normalized spacial score (nSPS) is 35.4. The summed E-state index contributed by atoms with van der Waals surface area (Å²) in [5.74, 6) is 0.931. The predicted octanol–water partition coefficient (Wildman–Crippen LogP) is 4.68. The number of fused-ring (bicyclic) bond motifs is 1. The van der Waals surface area contributed by atoms with Gasteiger partial charge in [-0.25, -0.2) is 0 Å². The summed E-state index contributed by atoms with van der Waals surface area (Å²) in [4.78, 5) is 11.0. The van der Waals surface area contributed by atoms with Crippen molar-refractivity contribution in [1.82, 2.24) is 0 Å². The third kappa shape index (κ3) is 3.52. The van der Waals surface area contributed by atoms with Gasteiger partial charge >= 0.3 is 0 Å². The second-order valence-electron chi connectivity index (χ2n) is 7.64. The average molecular weight is 278 g/mol. The highest BCUT2D eigenvalue weighted by molar-refractivity contribution is 5.75. The summed E-state index contributed by atoms with van der Waals surface area (Å²) < 4.78 is 6.35. The number of Topliss-reactive ketones (excluding diaryl/α,β-unsaturated/α-hetero) is 1. The van der Waals surface area contributed by atoms with Crippen molar-refractivity contribution in [3.05, 3.63) is 11.6 Å². The molecule has 0 aromatic heterocycles. The zero-order valence-corrected chi connectivity index (χ0v) is 13.6. The van der Waals surface area contributed by atoms with Gasteiger partial charge in [0.1, 0.15) is 5.78 Å². The van der Waals surface area contributed by atoms with E-state index in [1.807, 2.05) is 0 Å². The fourth-order valence-corrected chi connectivity index (χ4v) is 4.24. The first-order valence-corrected chi connectivity index (χ1v) is 8.15. The first-order valence-electron chi connectivity index (χ1n) is 8.15. The van der Waals surface area contributed by atoms with Crippen LogP contribution in [-0.4, -0.2) is 18.0 Å². The minimum atomic E-state index is 0.0535. The molecular formula is C18H30O2. The van der Waals surface area contributed by atoms with Gasteiger partial charge in [-0.05, 0) is 62.9 Å². The van der Waals surface area contributed by atoms with Gasteiger partial charge in [-0.2, -0.15) is 0 Å². The quantitative estimate of drug-likeness (QED) is 0.701. The maximum atomic E-state index is 11.0. The fourth-order valence-electron chi connectivity index (χ4n) is 4.24. The zero-order valence-electron chi connectivity index (χ0n) is 13.6. The number of hydrogen-bond donors (Lipinski definition) is 0. The largest absolute Gasteiger partial charge is 0.371 e. The molecule has 0 N–H and O–H groups in total. The fraction of sp³-hybridized carbons (Fsp3) is 0.833. The lowest BCUT2D eigenvalue weighted by molar-refractivity contribution is -0.122. The molecule has 2 fully saturated rings. The molecule has 1 aliphatic carbocycles. The third-order valence-electron chi connectivity index (χ3n) is 5.45.